The second-order valence-electron chi connectivity index (χ2n) is 5.35. The van der Waals surface area contributed by atoms with Gasteiger partial charge in [-0.3, -0.25) is 9.59 Å². The normalized spacial score (nSPS) is 10.4. The number of hydrogen-bond donors (Lipinski definition) is 1. The van der Waals surface area contributed by atoms with E-state index in [1.165, 1.54) is 48.7 Å². The van der Waals surface area contributed by atoms with E-state index in [-0.39, 0.29) is 23.4 Å². The monoisotopic (exact) mass is 356 g/mol. The van der Waals surface area contributed by atoms with Crippen LogP contribution in [0.4, 0.5) is 14.5 Å². The molecule has 3 aromatic rings. The maximum absolute atomic E-state index is 13.6. The number of carbonyl (C=O) groups is 1. The molecule has 0 radical (unpaired) electrons. The maximum Gasteiger partial charge on any atom is 0.295 e. The highest BCUT2D eigenvalue weighted by Gasteiger charge is 2.15. The zero-order valence-electron chi connectivity index (χ0n) is 13.5. The number of benzene rings is 2. The van der Waals surface area contributed by atoms with E-state index < -0.39 is 23.1 Å². The lowest BCUT2D eigenvalue weighted by Crippen LogP contribution is -2.32. The smallest absolute Gasteiger partial charge is 0.295 e. The molecule has 0 saturated carbocycles. The van der Waals surface area contributed by atoms with Crippen LogP contribution < -0.4 is 15.7 Å². The molecule has 0 aliphatic rings. The molecule has 1 aromatic heterocycles. The Morgan fingerprint density at radius 1 is 0.962 bits per heavy atom. The number of anilines is 1. The van der Waals surface area contributed by atoms with Crippen molar-refractivity contribution in [2.75, 3.05) is 5.32 Å². The van der Waals surface area contributed by atoms with Crippen LogP contribution in [0.1, 0.15) is 15.9 Å². The molecule has 0 bridgehead atoms. The van der Waals surface area contributed by atoms with Crippen molar-refractivity contribution < 1.29 is 18.4 Å². The van der Waals surface area contributed by atoms with Crippen LogP contribution in [0.5, 0.6) is 0 Å². The molecule has 5 nitrogen and oxygen atoms in total. The summed E-state index contributed by atoms with van der Waals surface area (Å²) < 4.78 is 28.1. The second-order valence-corrected chi connectivity index (χ2v) is 5.35. The van der Waals surface area contributed by atoms with Crippen molar-refractivity contribution in [2.45, 2.75) is 6.61 Å². The highest BCUT2D eigenvalue weighted by atomic mass is 19.1. The molecule has 1 heterocycles. The number of nitrogens with zero attached hydrogens (tertiary/aromatic N) is 1. The van der Waals surface area contributed by atoms with Gasteiger partial charge < -0.3 is 10.2 Å². The topological polar surface area (TPSA) is 60.3 Å². The van der Waals surface area contributed by atoms with Crippen LogP contribution in [0.25, 0.3) is 0 Å². The van der Waals surface area contributed by atoms with Crippen molar-refractivity contribution in [3.8, 4) is 0 Å². The summed E-state index contributed by atoms with van der Waals surface area (Å²) in [5.74, 6) is -1.86. The van der Waals surface area contributed by atoms with Crippen molar-refractivity contribution in [3.63, 3.8) is 0 Å². The van der Waals surface area contributed by atoms with Gasteiger partial charge in [0.15, 0.2) is 0 Å². The fourth-order valence-electron chi connectivity index (χ4n) is 2.26. The minimum Gasteiger partial charge on any atom is -0.406 e. The molecule has 0 fully saturated rings. The first-order chi connectivity index (χ1) is 12.6. The van der Waals surface area contributed by atoms with Gasteiger partial charge in [0.2, 0.25) is 0 Å². The van der Waals surface area contributed by atoms with Crippen LogP contribution in [0.2, 0.25) is 0 Å². The maximum atomic E-state index is 13.6. The van der Waals surface area contributed by atoms with Crippen LogP contribution in [0.15, 0.2) is 71.7 Å². The molecule has 0 aliphatic heterocycles. The molecule has 1 amide bonds. The first kappa shape index (κ1) is 17.3. The Kier molecular flexibility index (Phi) is 5.07. The largest absolute Gasteiger partial charge is 0.406 e. The van der Waals surface area contributed by atoms with Crippen molar-refractivity contribution >= 4 is 11.6 Å². The third kappa shape index (κ3) is 3.77. The number of hydrogen-bond acceptors (Lipinski definition) is 3. The lowest BCUT2D eigenvalue weighted by molar-refractivity contribution is 0.0847. The first-order valence-corrected chi connectivity index (χ1v) is 7.70. The molecule has 132 valence electrons. The Morgan fingerprint density at radius 2 is 1.65 bits per heavy atom. The first-order valence-electron chi connectivity index (χ1n) is 7.70. The van der Waals surface area contributed by atoms with E-state index in [2.05, 4.69) is 5.32 Å². The number of aromatic nitrogens is 1. The molecule has 1 N–H and O–H groups in total. The van der Waals surface area contributed by atoms with Gasteiger partial charge in [0.1, 0.15) is 23.8 Å². The molecule has 2 aromatic carbocycles. The summed E-state index contributed by atoms with van der Waals surface area (Å²) in [4.78, 5) is 29.9. The van der Waals surface area contributed by atoms with E-state index in [0.717, 1.165) is 4.73 Å². The minimum absolute atomic E-state index is 0.0421. The number of rotatable bonds is 5. The van der Waals surface area contributed by atoms with Gasteiger partial charge >= 0.3 is 0 Å². The van der Waals surface area contributed by atoms with Gasteiger partial charge in [-0.1, -0.05) is 30.3 Å². The van der Waals surface area contributed by atoms with Gasteiger partial charge in [-0.05, 0) is 30.3 Å². The van der Waals surface area contributed by atoms with Crippen LogP contribution in [-0.2, 0) is 6.61 Å². The lowest BCUT2D eigenvalue weighted by atomic mass is 10.2. The van der Waals surface area contributed by atoms with E-state index in [9.17, 15) is 18.4 Å². The van der Waals surface area contributed by atoms with Crippen LogP contribution in [0.3, 0.4) is 0 Å². The Labute approximate surface area is 147 Å². The summed E-state index contributed by atoms with van der Waals surface area (Å²) in [6, 6.07) is 14.3. The summed E-state index contributed by atoms with van der Waals surface area (Å²) in [7, 11) is 0. The third-order valence-electron chi connectivity index (χ3n) is 3.60. The van der Waals surface area contributed by atoms with Gasteiger partial charge in [-0.2, -0.15) is 4.73 Å². The minimum atomic E-state index is -0.774. The van der Waals surface area contributed by atoms with Crippen LogP contribution in [-0.4, -0.2) is 10.6 Å². The molecule has 3 rings (SSSR count). The number of halogens is 2. The highest BCUT2D eigenvalue weighted by molar-refractivity contribution is 6.04. The summed E-state index contributed by atoms with van der Waals surface area (Å²) in [6.07, 6.45) is 1.31. The van der Waals surface area contributed by atoms with Gasteiger partial charge in [0.05, 0.1) is 5.69 Å². The number of amides is 1. The van der Waals surface area contributed by atoms with Crippen LogP contribution >= 0.6 is 0 Å². The average Bonchev–Trinajstić information content (AvgIpc) is 2.64. The van der Waals surface area contributed by atoms with E-state index in [1.54, 1.807) is 18.2 Å². The Hall–Kier alpha value is -3.48. The zero-order chi connectivity index (χ0) is 18.5. The van der Waals surface area contributed by atoms with E-state index in [0.29, 0.717) is 0 Å². The van der Waals surface area contributed by atoms with Gasteiger partial charge in [-0.25, -0.2) is 8.78 Å². The highest BCUT2D eigenvalue weighted by Crippen LogP contribution is 2.13. The average molecular weight is 356 g/mol. The molecule has 0 saturated heterocycles. The van der Waals surface area contributed by atoms with Crippen molar-refractivity contribution in [1.29, 1.82) is 0 Å². The summed E-state index contributed by atoms with van der Waals surface area (Å²) in [5, 5.41) is 2.33. The lowest BCUT2D eigenvalue weighted by Gasteiger charge is -2.11. The number of carbonyl (C=O) groups excluding carboxylic acids is 1. The summed E-state index contributed by atoms with van der Waals surface area (Å²) in [6.45, 7) is -0.190. The zero-order valence-corrected chi connectivity index (χ0v) is 13.5. The fraction of sp³-hybridized carbons (Fsp3) is 0.0526. The van der Waals surface area contributed by atoms with Gasteiger partial charge in [-0.15, -0.1) is 0 Å². The Bertz CT molecular complexity index is 1000. The number of pyridine rings is 1. The fourth-order valence-corrected chi connectivity index (χ4v) is 2.26. The van der Waals surface area contributed by atoms with Crippen LogP contribution in [0, 0.1) is 11.6 Å². The predicted molar refractivity (Wildman–Crippen MR) is 91.7 cm³/mol. The third-order valence-corrected chi connectivity index (χ3v) is 3.60. The summed E-state index contributed by atoms with van der Waals surface area (Å²) >= 11 is 0. The Balaban J connectivity index is 1.79. The molecule has 26 heavy (non-hydrogen) atoms. The van der Waals surface area contributed by atoms with Crippen molar-refractivity contribution in [1.82, 2.24) is 4.73 Å². The van der Waals surface area contributed by atoms with Crippen molar-refractivity contribution in [2.24, 2.45) is 0 Å². The molecule has 0 atom stereocenters. The molecular formula is C19H14F2N2O3. The summed E-state index contributed by atoms with van der Waals surface area (Å²) in [5.41, 5.74) is -0.748. The number of nitrogens with one attached hydrogen (secondary N) is 1. The SMILES string of the molecule is O=C(Nc1ccccc1F)c1cccn(OCc2ccccc2F)c1=O. The standard InChI is InChI=1S/C19H14F2N2O3/c20-15-8-2-1-6-13(15)12-26-23-11-5-7-14(19(23)25)18(24)22-17-10-4-3-9-16(17)21/h1-11H,12H2,(H,22,24). The Morgan fingerprint density at radius 3 is 2.38 bits per heavy atom. The van der Waals surface area contributed by atoms with Gasteiger partial charge in [0.25, 0.3) is 11.5 Å². The second kappa shape index (κ2) is 7.60. The molecule has 0 unspecified atom stereocenters. The predicted octanol–water partition coefficient (Wildman–Crippen LogP) is 3.01. The van der Waals surface area contributed by atoms with Crippen molar-refractivity contribution in [3.05, 3.63) is 100.0 Å². The quantitative estimate of drug-likeness (QED) is 0.765. The van der Waals surface area contributed by atoms with E-state index in [4.69, 9.17) is 4.84 Å². The molecular weight excluding hydrogens is 342 g/mol. The molecule has 0 spiro atoms. The molecule has 0 aliphatic carbocycles. The van der Waals surface area contributed by atoms with E-state index >= 15 is 0 Å². The number of para-hydroxylation sites is 1. The van der Waals surface area contributed by atoms with E-state index in [1.807, 2.05) is 0 Å². The van der Waals surface area contributed by atoms with Gasteiger partial charge in [0, 0.05) is 11.8 Å². The molecule has 7 heteroatoms.